The first-order valence-electron chi connectivity index (χ1n) is 5.09. The summed E-state index contributed by atoms with van der Waals surface area (Å²) in [6.45, 7) is 3.19. The zero-order valence-corrected chi connectivity index (χ0v) is 9.71. The predicted molar refractivity (Wildman–Crippen MR) is 55.2 cm³/mol. The molecule has 3 nitrogen and oxygen atoms in total. The SMILES string of the molecule is COC(=O)C1(C)OC1(C)c1ccc(F)c(F)c1. The van der Waals surface area contributed by atoms with Crippen molar-refractivity contribution >= 4 is 5.97 Å². The molecule has 1 heterocycles. The van der Waals surface area contributed by atoms with Gasteiger partial charge in [0.1, 0.15) is 5.60 Å². The maximum Gasteiger partial charge on any atom is 0.341 e. The highest BCUT2D eigenvalue weighted by molar-refractivity contribution is 5.84. The van der Waals surface area contributed by atoms with Gasteiger partial charge >= 0.3 is 5.97 Å². The van der Waals surface area contributed by atoms with Crippen LogP contribution in [0.3, 0.4) is 0 Å². The number of carbonyl (C=O) groups excluding carboxylic acids is 1. The van der Waals surface area contributed by atoms with Crippen LogP contribution in [0, 0.1) is 11.6 Å². The molecular formula is C12H12F2O3. The molecule has 0 amide bonds. The van der Waals surface area contributed by atoms with Crippen LogP contribution in [0.15, 0.2) is 18.2 Å². The van der Waals surface area contributed by atoms with E-state index in [2.05, 4.69) is 4.74 Å². The molecule has 1 aliphatic heterocycles. The molecular weight excluding hydrogens is 230 g/mol. The Balaban J connectivity index is 2.36. The van der Waals surface area contributed by atoms with E-state index in [0.29, 0.717) is 5.56 Å². The summed E-state index contributed by atoms with van der Waals surface area (Å²) in [7, 11) is 1.25. The first-order valence-corrected chi connectivity index (χ1v) is 5.09. The molecule has 92 valence electrons. The Kier molecular flexibility index (Phi) is 2.47. The number of hydrogen-bond donors (Lipinski definition) is 0. The molecule has 2 unspecified atom stereocenters. The second kappa shape index (κ2) is 3.50. The van der Waals surface area contributed by atoms with Gasteiger partial charge in [-0.1, -0.05) is 6.07 Å². The first kappa shape index (κ1) is 12.0. The van der Waals surface area contributed by atoms with Gasteiger partial charge in [-0.3, -0.25) is 0 Å². The molecule has 1 aliphatic rings. The maximum atomic E-state index is 13.1. The minimum Gasteiger partial charge on any atom is -0.467 e. The van der Waals surface area contributed by atoms with E-state index in [1.165, 1.54) is 13.2 Å². The number of benzene rings is 1. The van der Waals surface area contributed by atoms with Crippen molar-refractivity contribution in [2.24, 2.45) is 0 Å². The lowest BCUT2D eigenvalue weighted by molar-refractivity contribution is -0.146. The van der Waals surface area contributed by atoms with Crippen molar-refractivity contribution in [1.29, 1.82) is 0 Å². The highest BCUT2D eigenvalue weighted by atomic mass is 19.2. The van der Waals surface area contributed by atoms with Gasteiger partial charge < -0.3 is 9.47 Å². The molecule has 0 aromatic heterocycles. The van der Waals surface area contributed by atoms with Gasteiger partial charge in [0.15, 0.2) is 17.2 Å². The van der Waals surface area contributed by atoms with Crippen LogP contribution in [-0.2, 0) is 19.9 Å². The Bertz CT molecular complexity index is 489. The molecule has 0 N–H and O–H groups in total. The molecule has 2 atom stereocenters. The van der Waals surface area contributed by atoms with Crippen molar-refractivity contribution in [1.82, 2.24) is 0 Å². The Hall–Kier alpha value is -1.49. The summed E-state index contributed by atoms with van der Waals surface area (Å²) < 4.78 is 35.9. The molecule has 0 aliphatic carbocycles. The predicted octanol–water partition coefficient (Wildman–Crippen LogP) is 2.14. The van der Waals surface area contributed by atoms with E-state index in [-0.39, 0.29) is 0 Å². The van der Waals surface area contributed by atoms with E-state index >= 15 is 0 Å². The average molecular weight is 242 g/mol. The summed E-state index contributed by atoms with van der Waals surface area (Å²) in [6, 6.07) is 3.44. The minimum atomic E-state index is -1.15. The molecule has 1 aromatic carbocycles. The number of rotatable bonds is 2. The second-order valence-corrected chi connectivity index (χ2v) is 4.29. The molecule has 0 saturated carbocycles. The van der Waals surface area contributed by atoms with Crippen molar-refractivity contribution in [2.75, 3.05) is 7.11 Å². The zero-order valence-electron chi connectivity index (χ0n) is 9.71. The molecule has 0 radical (unpaired) electrons. The average Bonchev–Trinajstić information content (AvgIpc) is 2.87. The third-order valence-electron chi connectivity index (χ3n) is 3.32. The monoisotopic (exact) mass is 242 g/mol. The fourth-order valence-electron chi connectivity index (χ4n) is 1.94. The summed E-state index contributed by atoms with van der Waals surface area (Å²) in [5, 5.41) is 0. The van der Waals surface area contributed by atoms with Gasteiger partial charge in [0.25, 0.3) is 0 Å². The molecule has 0 spiro atoms. The topological polar surface area (TPSA) is 38.8 Å². The van der Waals surface area contributed by atoms with E-state index in [4.69, 9.17) is 4.74 Å². The van der Waals surface area contributed by atoms with Crippen molar-refractivity contribution in [3.8, 4) is 0 Å². The van der Waals surface area contributed by atoms with Crippen molar-refractivity contribution < 1.29 is 23.0 Å². The largest absolute Gasteiger partial charge is 0.467 e. The fourth-order valence-corrected chi connectivity index (χ4v) is 1.94. The lowest BCUT2D eigenvalue weighted by Crippen LogP contribution is -2.29. The summed E-state index contributed by atoms with van der Waals surface area (Å²) in [6.07, 6.45) is 0. The van der Waals surface area contributed by atoms with Crippen LogP contribution in [0.4, 0.5) is 8.78 Å². The molecule has 1 aromatic rings. The van der Waals surface area contributed by atoms with Crippen molar-refractivity contribution in [2.45, 2.75) is 25.0 Å². The van der Waals surface area contributed by atoms with Crippen LogP contribution in [0.1, 0.15) is 19.4 Å². The number of epoxide rings is 1. The summed E-state index contributed by atoms with van der Waals surface area (Å²) in [5.74, 6) is -2.44. The minimum absolute atomic E-state index is 0.407. The van der Waals surface area contributed by atoms with E-state index < -0.39 is 28.8 Å². The van der Waals surface area contributed by atoms with Crippen molar-refractivity contribution in [3.63, 3.8) is 0 Å². The van der Waals surface area contributed by atoms with Crippen LogP contribution in [0.5, 0.6) is 0 Å². The number of carbonyl (C=O) groups is 1. The van der Waals surface area contributed by atoms with Crippen LogP contribution < -0.4 is 0 Å². The number of hydrogen-bond acceptors (Lipinski definition) is 3. The van der Waals surface area contributed by atoms with Gasteiger partial charge in [0.2, 0.25) is 0 Å². The summed E-state index contributed by atoms with van der Waals surface area (Å²) in [5.41, 5.74) is -1.72. The van der Waals surface area contributed by atoms with Gasteiger partial charge in [0.05, 0.1) is 7.11 Å². The van der Waals surface area contributed by atoms with E-state index in [1.807, 2.05) is 0 Å². The standard InChI is InChI=1S/C12H12F2O3/c1-11(12(2,17-11)10(15)16-3)7-4-5-8(13)9(14)6-7/h4-6H,1-3H3. The Morgan fingerprint density at radius 1 is 1.29 bits per heavy atom. The number of halogens is 2. The van der Waals surface area contributed by atoms with Gasteiger partial charge in [-0.05, 0) is 31.5 Å². The molecule has 2 rings (SSSR count). The van der Waals surface area contributed by atoms with Gasteiger partial charge in [0, 0.05) is 0 Å². The van der Waals surface area contributed by atoms with Crippen molar-refractivity contribution in [3.05, 3.63) is 35.4 Å². The lowest BCUT2D eigenvalue weighted by Gasteiger charge is -2.11. The Labute approximate surface area is 97.3 Å². The molecule has 17 heavy (non-hydrogen) atoms. The van der Waals surface area contributed by atoms with Crippen LogP contribution >= 0.6 is 0 Å². The second-order valence-electron chi connectivity index (χ2n) is 4.29. The van der Waals surface area contributed by atoms with E-state index in [9.17, 15) is 13.6 Å². The quantitative estimate of drug-likeness (QED) is 0.589. The van der Waals surface area contributed by atoms with Gasteiger partial charge in [-0.15, -0.1) is 0 Å². The summed E-state index contributed by atoms with van der Waals surface area (Å²) in [4.78, 5) is 11.5. The molecule has 5 heteroatoms. The highest BCUT2D eigenvalue weighted by Gasteiger charge is 2.70. The Morgan fingerprint density at radius 3 is 2.47 bits per heavy atom. The van der Waals surface area contributed by atoms with Crippen LogP contribution in [-0.4, -0.2) is 18.7 Å². The molecule has 0 bridgehead atoms. The van der Waals surface area contributed by atoms with Gasteiger partial charge in [-0.2, -0.15) is 0 Å². The fraction of sp³-hybridized carbons (Fsp3) is 0.417. The first-order chi connectivity index (χ1) is 7.85. The smallest absolute Gasteiger partial charge is 0.341 e. The van der Waals surface area contributed by atoms with Crippen LogP contribution in [0.25, 0.3) is 0 Å². The Morgan fingerprint density at radius 2 is 1.94 bits per heavy atom. The number of ether oxygens (including phenoxy) is 2. The maximum absolute atomic E-state index is 13.1. The van der Waals surface area contributed by atoms with Crippen LogP contribution in [0.2, 0.25) is 0 Å². The number of esters is 1. The van der Waals surface area contributed by atoms with Gasteiger partial charge in [-0.25, -0.2) is 13.6 Å². The lowest BCUT2D eigenvalue weighted by atomic mass is 9.89. The molecule has 1 fully saturated rings. The third kappa shape index (κ3) is 1.53. The summed E-state index contributed by atoms with van der Waals surface area (Å²) >= 11 is 0. The highest BCUT2D eigenvalue weighted by Crippen LogP contribution is 2.56. The normalized spacial score (nSPS) is 31.1. The zero-order chi connectivity index (χ0) is 12.8. The molecule has 1 saturated heterocycles. The van der Waals surface area contributed by atoms with E-state index in [1.54, 1.807) is 13.8 Å². The third-order valence-corrected chi connectivity index (χ3v) is 3.32. The number of methoxy groups -OCH3 is 1. The van der Waals surface area contributed by atoms with E-state index in [0.717, 1.165) is 12.1 Å².